The molecule has 0 spiro atoms. The third-order valence-electron chi connectivity index (χ3n) is 2.67. The van der Waals surface area contributed by atoms with E-state index in [1.165, 1.54) is 16.0 Å². The van der Waals surface area contributed by atoms with Crippen LogP contribution in [0.1, 0.15) is 11.1 Å². The van der Waals surface area contributed by atoms with E-state index in [-0.39, 0.29) is 6.54 Å². The molecule has 0 unspecified atom stereocenters. The Morgan fingerprint density at radius 3 is 2.94 bits per heavy atom. The zero-order valence-electron chi connectivity index (χ0n) is 9.49. The number of aliphatic carboxylic acids is 1. The number of benzene rings is 1. The molecule has 0 saturated carbocycles. The first kappa shape index (κ1) is 11.3. The molecule has 0 bridgehead atoms. The molecule has 0 saturated heterocycles. The highest BCUT2D eigenvalue weighted by atomic mass is 32.2. The smallest absolute Gasteiger partial charge is 0.323 e. The van der Waals surface area contributed by atoms with Gasteiger partial charge in [0.2, 0.25) is 0 Å². The van der Waals surface area contributed by atoms with Crippen molar-refractivity contribution in [3.05, 3.63) is 23.3 Å². The van der Waals surface area contributed by atoms with Gasteiger partial charge >= 0.3 is 5.97 Å². The monoisotopic (exact) mass is 237 g/mol. The van der Waals surface area contributed by atoms with Gasteiger partial charge in [-0.3, -0.25) is 4.79 Å². The summed E-state index contributed by atoms with van der Waals surface area (Å²) in [6, 6.07) is 4.25. The van der Waals surface area contributed by atoms with Crippen LogP contribution in [0, 0.1) is 13.8 Å². The molecule has 0 amide bonds. The minimum absolute atomic E-state index is 0.0947. The molecule has 4 heteroatoms. The summed E-state index contributed by atoms with van der Waals surface area (Å²) in [5.74, 6) is 0.196. The summed E-state index contributed by atoms with van der Waals surface area (Å²) < 4.78 is 0. The van der Waals surface area contributed by atoms with Gasteiger partial charge in [0.25, 0.3) is 0 Å². The summed E-state index contributed by atoms with van der Waals surface area (Å²) in [6.45, 7) is 5.03. The Balaban J connectivity index is 2.41. The van der Waals surface area contributed by atoms with Crippen LogP contribution in [-0.2, 0) is 4.79 Å². The van der Waals surface area contributed by atoms with Gasteiger partial charge in [0.05, 0.1) is 5.69 Å². The van der Waals surface area contributed by atoms with Gasteiger partial charge in [0, 0.05) is 17.2 Å². The molecule has 0 aliphatic carbocycles. The van der Waals surface area contributed by atoms with Gasteiger partial charge in [-0.05, 0) is 31.0 Å². The lowest BCUT2D eigenvalue weighted by Crippen LogP contribution is -2.34. The number of fused-ring (bicyclic) bond motifs is 1. The van der Waals surface area contributed by atoms with E-state index in [0.717, 1.165) is 18.0 Å². The topological polar surface area (TPSA) is 40.5 Å². The highest BCUT2D eigenvalue weighted by molar-refractivity contribution is 7.99. The number of hydrogen-bond acceptors (Lipinski definition) is 3. The fourth-order valence-electron chi connectivity index (χ4n) is 2.14. The van der Waals surface area contributed by atoms with Gasteiger partial charge in [-0.25, -0.2) is 0 Å². The van der Waals surface area contributed by atoms with E-state index < -0.39 is 5.97 Å². The zero-order valence-corrected chi connectivity index (χ0v) is 10.3. The summed E-state index contributed by atoms with van der Waals surface area (Å²) in [5.41, 5.74) is 3.51. The third-order valence-corrected chi connectivity index (χ3v) is 3.68. The van der Waals surface area contributed by atoms with Gasteiger partial charge in [-0.1, -0.05) is 6.07 Å². The van der Waals surface area contributed by atoms with E-state index >= 15 is 0 Å². The largest absolute Gasteiger partial charge is 0.480 e. The molecule has 16 heavy (non-hydrogen) atoms. The predicted molar refractivity (Wildman–Crippen MR) is 66.5 cm³/mol. The van der Waals surface area contributed by atoms with Crippen LogP contribution in [0.4, 0.5) is 5.69 Å². The molecule has 0 radical (unpaired) electrons. The quantitative estimate of drug-likeness (QED) is 0.857. The van der Waals surface area contributed by atoms with Gasteiger partial charge in [0.15, 0.2) is 0 Å². The third kappa shape index (κ3) is 2.16. The van der Waals surface area contributed by atoms with Gasteiger partial charge in [-0.15, -0.1) is 11.8 Å². The fraction of sp³-hybridized carbons (Fsp3) is 0.417. The zero-order chi connectivity index (χ0) is 11.7. The number of rotatable bonds is 2. The highest BCUT2D eigenvalue weighted by Gasteiger charge is 2.21. The summed E-state index contributed by atoms with van der Waals surface area (Å²) >= 11 is 1.81. The molecular formula is C12H15NO2S. The molecule has 1 N–H and O–H groups in total. The van der Waals surface area contributed by atoms with Gasteiger partial charge < -0.3 is 10.0 Å². The number of thioether (sulfide) groups is 1. The average Bonchev–Trinajstić information content (AvgIpc) is 2.15. The van der Waals surface area contributed by atoms with Crippen molar-refractivity contribution in [2.75, 3.05) is 23.7 Å². The van der Waals surface area contributed by atoms with Crippen LogP contribution in [-0.4, -0.2) is 29.9 Å². The van der Waals surface area contributed by atoms with E-state index in [0.29, 0.717) is 0 Å². The first-order valence-corrected chi connectivity index (χ1v) is 6.27. The van der Waals surface area contributed by atoms with Gasteiger partial charge in [-0.2, -0.15) is 0 Å². The van der Waals surface area contributed by atoms with Crippen LogP contribution in [0.2, 0.25) is 0 Å². The fourth-order valence-corrected chi connectivity index (χ4v) is 3.36. The summed E-state index contributed by atoms with van der Waals surface area (Å²) in [7, 11) is 0. The maximum absolute atomic E-state index is 10.8. The Morgan fingerprint density at radius 1 is 1.50 bits per heavy atom. The predicted octanol–water partition coefficient (Wildman–Crippen LogP) is 2.30. The molecule has 1 aromatic carbocycles. The van der Waals surface area contributed by atoms with Crippen LogP contribution < -0.4 is 4.90 Å². The molecule has 2 rings (SSSR count). The lowest BCUT2D eigenvalue weighted by Gasteiger charge is -2.31. The SMILES string of the molecule is Cc1cc(C)c2c(c1)SCCN2CC(=O)O. The van der Waals surface area contributed by atoms with Crippen molar-refractivity contribution in [3.8, 4) is 0 Å². The molecule has 0 fully saturated rings. The molecule has 86 valence electrons. The van der Waals surface area contributed by atoms with Crippen LogP contribution in [0.3, 0.4) is 0 Å². The van der Waals surface area contributed by atoms with Crippen molar-refractivity contribution in [3.63, 3.8) is 0 Å². The highest BCUT2D eigenvalue weighted by Crippen LogP contribution is 2.37. The molecular weight excluding hydrogens is 222 g/mol. The Labute approximate surface area is 99.5 Å². The van der Waals surface area contributed by atoms with Crippen molar-refractivity contribution in [1.82, 2.24) is 0 Å². The average molecular weight is 237 g/mol. The molecule has 1 aliphatic heterocycles. The standard InChI is InChI=1S/C12H15NO2S/c1-8-5-9(2)12-10(6-8)16-4-3-13(12)7-11(14)15/h5-6H,3-4,7H2,1-2H3,(H,14,15). The number of aryl methyl sites for hydroxylation is 2. The lowest BCUT2D eigenvalue weighted by molar-refractivity contribution is -0.135. The number of carbonyl (C=O) groups is 1. The van der Waals surface area contributed by atoms with Crippen molar-refractivity contribution in [2.45, 2.75) is 18.7 Å². The van der Waals surface area contributed by atoms with Crippen LogP contribution >= 0.6 is 11.8 Å². The minimum Gasteiger partial charge on any atom is -0.480 e. The van der Waals surface area contributed by atoms with E-state index in [1.807, 2.05) is 23.6 Å². The van der Waals surface area contributed by atoms with E-state index in [2.05, 4.69) is 19.1 Å². The van der Waals surface area contributed by atoms with Crippen LogP contribution in [0.5, 0.6) is 0 Å². The molecule has 1 aliphatic rings. The number of carboxylic acids is 1. The normalized spacial score (nSPS) is 14.8. The second kappa shape index (κ2) is 4.37. The number of carboxylic acid groups (broad SMARTS) is 1. The van der Waals surface area contributed by atoms with Gasteiger partial charge in [0.1, 0.15) is 6.54 Å². The minimum atomic E-state index is -0.766. The molecule has 3 nitrogen and oxygen atoms in total. The first-order valence-electron chi connectivity index (χ1n) is 5.28. The first-order chi connectivity index (χ1) is 7.58. The molecule has 0 aromatic heterocycles. The van der Waals surface area contributed by atoms with E-state index in [9.17, 15) is 4.79 Å². The maximum Gasteiger partial charge on any atom is 0.323 e. The second-order valence-corrected chi connectivity index (χ2v) is 5.23. The molecule has 1 aromatic rings. The van der Waals surface area contributed by atoms with E-state index in [4.69, 9.17) is 5.11 Å². The number of anilines is 1. The van der Waals surface area contributed by atoms with Crippen molar-refractivity contribution < 1.29 is 9.90 Å². The Kier molecular flexibility index (Phi) is 3.10. The van der Waals surface area contributed by atoms with Crippen molar-refractivity contribution in [2.24, 2.45) is 0 Å². The summed E-state index contributed by atoms with van der Waals surface area (Å²) in [4.78, 5) is 14.0. The van der Waals surface area contributed by atoms with Crippen molar-refractivity contribution in [1.29, 1.82) is 0 Å². The number of nitrogens with zero attached hydrogens (tertiary/aromatic N) is 1. The second-order valence-electron chi connectivity index (χ2n) is 4.09. The number of hydrogen-bond donors (Lipinski definition) is 1. The Hall–Kier alpha value is -1.16. The van der Waals surface area contributed by atoms with E-state index in [1.54, 1.807) is 0 Å². The van der Waals surface area contributed by atoms with Crippen LogP contribution in [0.15, 0.2) is 17.0 Å². The summed E-state index contributed by atoms with van der Waals surface area (Å²) in [6.07, 6.45) is 0. The van der Waals surface area contributed by atoms with Crippen LogP contribution in [0.25, 0.3) is 0 Å². The lowest BCUT2D eigenvalue weighted by atomic mass is 10.1. The summed E-state index contributed by atoms with van der Waals surface area (Å²) in [5, 5.41) is 8.89. The van der Waals surface area contributed by atoms with Crippen molar-refractivity contribution >= 4 is 23.4 Å². The molecule has 1 heterocycles. The Morgan fingerprint density at radius 2 is 2.25 bits per heavy atom. The molecule has 0 atom stereocenters. The Bertz CT molecular complexity index is 431. The maximum atomic E-state index is 10.8.